The van der Waals surface area contributed by atoms with Crippen LogP contribution in [0.2, 0.25) is 0 Å². The second-order valence-corrected chi connectivity index (χ2v) is 9.27. The van der Waals surface area contributed by atoms with Gasteiger partial charge in [-0.1, -0.05) is 51.1 Å². The molecule has 178 valence electrons. The van der Waals surface area contributed by atoms with Crippen LogP contribution in [-0.2, 0) is 16.8 Å². The molecule has 3 rings (SSSR count). The summed E-state index contributed by atoms with van der Waals surface area (Å²) in [7, 11) is 1.57. The number of benzene rings is 3. The monoisotopic (exact) mass is 462 g/mol. The van der Waals surface area contributed by atoms with Crippen LogP contribution < -0.4 is 9.47 Å². The molecule has 1 N–H and O–H groups in total. The highest BCUT2D eigenvalue weighted by Crippen LogP contribution is 2.37. The molecule has 0 unspecified atom stereocenters. The van der Waals surface area contributed by atoms with E-state index in [0.717, 1.165) is 22.3 Å². The van der Waals surface area contributed by atoms with Gasteiger partial charge in [0.25, 0.3) is 0 Å². The van der Waals surface area contributed by atoms with E-state index in [9.17, 15) is 9.18 Å². The Hall–Kier alpha value is -3.60. The van der Waals surface area contributed by atoms with Crippen molar-refractivity contribution in [2.75, 3.05) is 7.11 Å². The van der Waals surface area contributed by atoms with Crippen molar-refractivity contribution in [2.45, 2.75) is 45.1 Å². The molecule has 0 aromatic heterocycles. The summed E-state index contributed by atoms with van der Waals surface area (Å²) in [6.07, 6.45) is 1.63. The summed E-state index contributed by atoms with van der Waals surface area (Å²) < 4.78 is 26.1. The Bertz CT molecular complexity index is 1160. The largest absolute Gasteiger partial charge is 0.497 e. The Labute approximate surface area is 200 Å². The lowest BCUT2D eigenvalue weighted by Crippen LogP contribution is -2.13. The molecule has 1 atom stereocenters. The van der Waals surface area contributed by atoms with Crippen LogP contribution in [0.5, 0.6) is 11.5 Å². The molecule has 0 amide bonds. The first-order valence-corrected chi connectivity index (χ1v) is 11.2. The highest BCUT2D eigenvalue weighted by atomic mass is 19.1. The molecular formula is C29H31FO4. The van der Waals surface area contributed by atoms with Gasteiger partial charge in [0, 0.05) is 11.5 Å². The van der Waals surface area contributed by atoms with Crippen molar-refractivity contribution in [3.8, 4) is 22.6 Å². The molecule has 0 aliphatic rings. The van der Waals surface area contributed by atoms with Crippen molar-refractivity contribution < 1.29 is 23.8 Å². The summed E-state index contributed by atoms with van der Waals surface area (Å²) in [5.74, 6) is -0.170. The van der Waals surface area contributed by atoms with Crippen molar-refractivity contribution in [3.63, 3.8) is 0 Å². The quantitative estimate of drug-likeness (QED) is 0.344. The van der Waals surface area contributed by atoms with Crippen molar-refractivity contribution >= 4 is 5.97 Å². The van der Waals surface area contributed by atoms with Crippen LogP contribution in [0.3, 0.4) is 0 Å². The summed E-state index contributed by atoms with van der Waals surface area (Å²) in [5.41, 5.74) is 3.92. The van der Waals surface area contributed by atoms with Gasteiger partial charge in [0.2, 0.25) is 0 Å². The Balaban J connectivity index is 1.86. The molecule has 0 saturated carbocycles. The molecule has 0 heterocycles. The normalized spacial score (nSPS) is 12.1. The van der Waals surface area contributed by atoms with Gasteiger partial charge in [0.05, 0.1) is 13.5 Å². The second kappa shape index (κ2) is 10.6. The SMILES string of the molecule is C=C[C@@H](CC(=O)O)c1ccc(OCc2ccc(C(C)(C)C)c(-c3cc(OC)ccc3F)c2)cc1. The molecule has 3 aromatic rings. The average Bonchev–Trinajstić information content (AvgIpc) is 2.81. The minimum Gasteiger partial charge on any atom is -0.497 e. The zero-order chi connectivity index (χ0) is 24.9. The van der Waals surface area contributed by atoms with Crippen molar-refractivity contribution in [3.05, 3.63) is 95.8 Å². The Kier molecular flexibility index (Phi) is 7.77. The van der Waals surface area contributed by atoms with Crippen molar-refractivity contribution in [1.82, 2.24) is 0 Å². The van der Waals surface area contributed by atoms with Crippen LogP contribution in [0, 0.1) is 5.82 Å². The third-order valence-corrected chi connectivity index (χ3v) is 5.75. The predicted molar refractivity (Wildman–Crippen MR) is 133 cm³/mol. The molecular weight excluding hydrogens is 431 g/mol. The van der Waals surface area contributed by atoms with Crippen LogP contribution in [0.15, 0.2) is 73.3 Å². The number of carboxylic acids is 1. The molecule has 0 bridgehead atoms. The van der Waals surface area contributed by atoms with Crippen LogP contribution in [-0.4, -0.2) is 18.2 Å². The number of hydrogen-bond donors (Lipinski definition) is 1. The number of carboxylic acid groups (broad SMARTS) is 1. The average molecular weight is 463 g/mol. The van der Waals surface area contributed by atoms with E-state index in [1.165, 1.54) is 6.07 Å². The number of allylic oxidation sites excluding steroid dienone is 1. The number of ether oxygens (including phenoxy) is 2. The van der Waals surface area contributed by atoms with Crippen LogP contribution >= 0.6 is 0 Å². The zero-order valence-electron chi connectivity index (χ0n) is 20.1. The fourth-order valence-electron chi connectivity index (χ4n) is 3.90. The van der Waals surface area contributed by atoms with Gasteiger partial charge in [-0.2, -0.15) is 0 Å². The molecule has 0 aliphatic heterocycles. The summed E-state index contributed by atoms with van der Waals surface area (Å²) in [6, 6.07) is 18.1. The lowest BCUT2D eigenvalue weighted by atomic mass is 9.81. The van der Waals surface area contributed by atoms with Crippen LogP contribution in [0.1, 0.15) is 49.8 Å². The lowest BCUT2D eigenvalue weighted by Gasteiger charge is -2.24. The standard InChI is InChI=1S/C29H31FO4/c1-6-20(16-28(31)32)21-8-10-22(11-9-21)34-18-19-7-13-26(29(2,3)4)24(15-19)25-17-23(33-5)12-14-27(25)30/h6-15,17,20H,1,16,18H2,2-5H3,(H,31,32)/t20-/m0/s1. The first kappa shape index (κ1) is 25.0. The van der Waals surface area contributed by atoms with Crippen LogP contribution in [0.25, 0.3) is 11.1 Å². The number of rotatable bonds is 9. The number of hydrogen-bond acceptors (Lipinski definition) is 3. The number of carbonyl (C=O) groups is 1. The van der Waals surface area contributed by atoms with E-state index < -0.39 is 5.97 Å². The molecule has 0 fully saturated rings. The van der Waals surface area contributed by atoms with Gasteiger partial charge < -0.3 is 14.6 Å². The Morgan fingerprint density at radius 2 is 1.71 bits per heavy atom. The number of aliphatic carboxylic acids is 1. The van der Waals surface area contributed by atoms with E-state index in [1.807, 2.05) is 42.5 Å². The van der Waals surface area contributed by atoms with Gasteiger partial charge in [-0.3, -0.25) is 4.79 Å². The lowest BCUT2D eigenvalue weighted by molar-refractivity contribution is -0.137. The fourth-order valence-corrected chi connectivity index (χ4v) is 3.90. The Morgan fingerprint density at radius 3 is 2.29 bits per heavy atom. The molecule has 5 heteroatoms. The zero-order valence-corrected chi connectivity index (χ0v) is 20.1. The van der Waals surface area contributed by atoms with Gasteiger partial charge in [0.15, 0.2) is 0 Å². The van der Waals surface area contributed by atoms with E-state index in [2.05, 4.69) is 27.4 Å². The van der Waals surface area contributed by atoms with Gasteiger partial charge in [-0.15, -0.1) is 6.58 Å². The van der Waals surface area contributed by atoms with Gasteiger partial charge >= 0.3 is 5.97 Å². The van der Waals surface area contributed by atoms with Gasteiger partial charge in [0.1, 0.15) is 23.9 Å². The van der Waals surface area contributed by atoms with Crippen LogP contribution in [0.4, 0.5) is 4.39 Å². The summed E-state index contributed by atoms with van der Waals surface area (Å²) in [4.78, 5) is 11.0. The molecule has 0 aliphatic carbocycles. The molecule has 3 aromatic carbocycles. The molecule has 4 nitrogen and oxygen atoms in total. The molecule has 34 heavy (non-hydrogen) atoms. The minimum atomic E-state index is -0.868. The second-order valence-electron chi connectivity index (χ2n) is 9.27. The fraction of sp³-hybridized carbons (Fsp3) is 0.276. The number of methoxy groups -OCH3 is 1. The third-order valence-electron chi connectivity index (χ3n) is 5.75. The highest BCUT2D eigenvalue weighted by molar-refractivity contribution is 5.71. The maximum absolute atomic E-state index is 14.8. The van der Waals surface area contributed by atoms with E-state index >= 15 is 0 Å². The third kappa shape index (κ3) is 6.04. The smallest absolute Gasteiger partial charge is 0.304 e. The predicted octanol–water partition coefficient (Wildman–Crippen LogP) is 7.12. The maximum Gasteiger partial charge on any atom is 0.304 e. The molecule has 0 spiro atoms. The number of halogens is 1. The Morgan fingerprint density at radius 1 is 1.03 bits per heavy atom. The molecule has 0 radical (unpaired) electrons. The highest BCUT2D eigenvalue weighted by Gasteiger charge is 2.21. The van der Waals surface area contributed by atoms with Crippen molar-refractivity contribution in [2.24, 2.45) is 0 Å². The summed E-state index contributed by atoms with van der Waals surface area (Å²) in [6.45, 7) is 10.3. The van der Waals surface area contributed by atoms with Crippen molar-refractivity contribution in [1.29, 1.82) is 0 Å². The van der Waals surface area contributed by atoms with E-state index in [1.54, 1.807) is 25.3 Å². The summed E-state index contributed by atoms with van der Waals surface area (Å²) in [5, 5.41) is 9.06. The first-order valence-electron chi connectivity index (χ1n) is 11.2. The van der Waals surface area contributed by atoms with E-state index in [0.29, 0.717) is 23.7 Å². The minimum absolute atomic E-state index is 0.00651. The maximum atomic E-state index is 14.8. The van der Waals surface area contributed by atoms with E-state index in [-0.39, 0.29) is 23.6 Å². The van der Waals surface area contributed by atoms with Gasteiger partial charge in [-0.25, -0.2) is 4.39 Å². The van der Waals surface area contributed by atoms with Gasteiger partial charge in [-0.05, 0) is 64.1 Å². The first-order chi connectivity index (χ1) is 16.1. The topological polar surface area (TPSA) is 55.8 Å². The summed E-state index contributed by atoms with van der Waals surface area (Å²) >= 11 is 0. The van der Waals surface area contributed by atoms with E-state index in [4.69, 9.17) is 14.6 Å². The molecule has 0 saturated heterocycles.